The Balaban J connectivity index is 2.76. The van der Waals surface area contributed by atoms with Crippen LogP contribution in [0.4, 0.5) is 4.39 Å². The molecule has 0 atom stereocenters. The van der Waals surface area contributed by atoms with Crippen molar-refractivity contribution in [2.45, 2.75) is 6.42 Å². The van der Waals surface area contributed by atoms with Crippen LogP contribution in [0.25, 0.3) is 0 Å². The summed E-state index contributed by atoms with van der Waals surface area (Å²) in [7, 11) is 0. The molecule has 0 radical (unpaired) electrons. The van der Waals surface area contributed by atoms with Crippen molar-refractivity contribution in [1.82, 2.24) is 0 Å². The van der Waals surface area contributed by atoms with Crippen LogP contribution in [0.3, 0.4) is 0 Å². The third kappa shape index (κ3) is 3.51. The number of carboxylic acid groups (broad SMARTS) is 1. The minimum Gasteiger partial charge on any atom is -0.492 e. The van der Waals surface area contributed by atoms with E-state index < -0.39 is 12.6 Å². The third-order valence-electron chi connectivity index (χ3n) is 1.71. The molecule has 3 nitrogen and oxygen atoms in total. The number of halogens is 2. The van der Waals surface area contributed by atoms with E-state index in [2.05, 4.69) is 15.9 Å². The van der Waals surface area contributed by atoms with E-state index in [1.54, 1.807) is 6.07 Å². The van der Waals surface area contributed by atoms with Gasteiger partial charge in [-0.25, -0.2) is 4.79 Å². The summed E-state index contributed by atoms with van der Waals surface area (Å²) in [5.41, 5.74) is 0.147. The van der Waals surface area contributed by atoms with Crippen molar-refractivity contribution in [1.29, 1.82) is 0 Å². The highest BCUT2D eigenvalue weighted by atomic mass is 79.9. The molecular formula is C10H10BrFO3. The summed E-state index contributed by atoms with van der Waals surface area (Å²) >= 11 is 3.22. The van der Waals surface area contributed by atoms with Crippen molar-refractivity contribution in [2.24, 2.45) is 0 Å². The van der Waals surface area contributed by atoms with Crippen molar-refractivity contribution >= 4 is 21.9 Å². The van der Waals surface area contributed by atoms with Gasteiger partial charge < -0.3 is 9.84 Å². The average Bonchev–Trinajstić information content (AvgIpc) is 2.20. The third-order valence-corrected chi connectivity index (χ3v) is 2.37. The summed E-state index contributed by atoms with van der Waals surface area (Å²) in [6, 6.07) is 4.47. The van der Waals surface area contributed by atoms with Crippen LogP contribution in [0.5, 0.6) is 5.75 Å². The Kier molecular flexibility index (Phi) is 4.55. The van der Waals surface area contributed by atoms with E-state index in [-0.39, 0.29) is 12.2 Å². The van der Waals surface area contributed by atoms with Gasteiger partial charge in [0, 0.05) is 6.42 Å². The van der Waals surface area contributed by atoms with Crippen LogP contribution in [0.15, 0.2) is 22.7 Å². The Morgan fingerprint density at radius 3 is 2.87 bits per heavy atom. The number of carboxylic acids is 1. The maximum atomic E-state index is 11.8. The predicted octanol–water partition coefficient (Wildman–Crippen LogP) is 2.89. The molecule has 0 unspecified atom stereocenters. The van der Waals surface area contributed by atoms with Crippen molar-refractivity contribution in [3.8, 4) is 5.75 Å². The fourth-order valence-electron chi connectivity index (χ4n) is 0.984. The lowest BCUT2D eigenvalue weighted by molar-refractivity contribution is 0.0696. The van der Waals surface area contributed by atoms with E-state index in [0.29, 0.717) is 16.6 Å². The largest absolute Gasteiger partial charge is 0.492 e. The van der Waals surface area contributed by atoms with E-state index in [9.17, 15) is 9.18 Å². The zero-order chi connectivity index (χ0) is 11.3. The summed E-state index contributed by atoms with van der Waals surface area (Å²) in [5.74, 6) is -0.596. The average molecular weight is 277 g/mol. The molecule has 0 saturated heterocycles. The molecule has 0 fully saturated rings. The zero-order valence-electron chi connectivity index (χ0n) is 7.87. The van der Waals surface area contributed by atoms with Gasteiger partial charge in [0.25, 0.3) is 0 Å². The first-order valence-electron chi connectivity index (χ1n) is 4.36. The number of rotatable bonds is 5. The van der Waals surface area contributed by atoms with Gasteiger partial charge >= 0.3 is 5.97 Å². The standard InChI is InChI=1S/C10H10BrFO3/c11-8-3-2-7(10(13)14)6-9(8)15-5-1-4-12/h2-3,6H,1,4-5H2,(H,13,14). The van der Waals surface area contributed by atoms with Gasteiger partial charge in [0.1, 0.15) is 5.75 Å². The Morgan fingerprint density at radius 1 is 1.53 bits per heavy atom. The number of ether oxygens (including phenoxy) is 1. The number of carbonyl (C=O) groups is 1. The molecule has 0 aliphatic heterocycles. The summed E-state index contributed by atoms with van der Waals surface area (Å²) in [4.78, 5) is 10.7. The molecule has 1 aromatic carbocycles. The quantitative estimate of drug-likeness (QED) is 0.842. The van der Waals surface area contributed by atoms with Crippen LogP contribution in [-0.4, -0.2) is 24.4 Å². The molecule has 0 spiro atoms. The Morgan fingerprint density at radius 2 is 2.27 bits per heavy atom. The highest BCUT2D eigenvalue weighted by molar-refractivity contribution is 9.10. The second-order valence-corrected chi connectivity index (χ2v) is 3.70. The van der Waals surface area contributed by atoms with Gasteiger partial charge in [0.2, 0.25) is 0 Å². The van der Waals surface area contributed by atoms with E-state index in [1.165, 1.54) is 12.1 Å². The highest BCUT2D eigenvalue weighted by Crippen LogP contribution is 2.26. The molecule has 1 aromatic rings. The number of benzene rings is 1. The number of aromatic carboxylic acids is 1. The molecule has 0 aromatic heterocycles. The van der Waals surface area contributed by atoms with Gasteiger partial charge in [-0.3, -0.25) is 4.39 Å². The molecule has 0 amide bonds. The zero-order valence-corrected chi connectivity index (χ0v) is 9.46. The van der Waals surface area contributed by atoms with Crippen LogP contribution in [0.1, 0.15) is 16.8 Å². The maximum Gasteiger partial charge on any atom is 0.335 e. The molecule has 0 heterocycles. The molecule has 5 heteroatoms. The Bertz CT molecular complexity index is 355. The van der Waals surface area contributed by atoms with Gasteiger partial charge in [-0.05, 0) is 34.1 Å². The van der Waals surface area contributed by atoms with E-state index in [1.807, 2.05) is 0 Å². The summed E-state index contributed by atoms with van der Waals surface area (Å²) in [6.07, 6.45) is 0.295. The fraction of sp³-hybridized carbons (Fsp3) is 0.300. The highest BCUT2D eigenvalue weighted by Gasteiger charge is 2.07. The molecular weight excluding hydrogens is 267 g/mol. The minimum atomic E-state index is -1.02. The lowest BCUT2D eigenvalue weighted by atomic mass is 10.2. The summed E-state index contributed by atoms with van der Waals surface area (Å²) in [6.45, 7) is -0.214. The Hall–Kier alpha value is -1.10. The topological polar surface area (TPSA) is 46.5 Å². The summed E-state index contributed by atoms with van der Waals surface area (Å²) in [5, 5.41) is 8.74. The minimum absolute atomic E-state index is 0.147. The lowest BCUT2D eigenvalue weighted by Gasteiger charge is -2.07. The van der Waals surface area contributed by atoms with Gasteiger partial charge in [-0.15, -0.1) is 0 Å². The SMILES string of the molecule is O=C(O)c1ccc(Br)c(OCCCF)c1. The summed E-state index contributed by atoms with van der Waals surface area (Å²) < 4.78 is 17.7. The lowest BCUT2D eigenvalue weighted by Crippen LogP contribution is -2.01. The van der Waals surface area contributed by atoms with Gasteiger partial charge in [0.05, 0.1) is 23.3 Å². The van der Waals surface area contributed by atoms with Crippen LogP contribution < -0.4 is 4.74 Å². The van der Waals surface area contributed by atoms with E-state index >= 15 is 0 Å². The molecule has 0 aliphatic rings. The number of hydrogen-bond donors (Lipinski definition) is 1. The molecule has 15 heavy (non-hydrogen) atoms. The van der Waals surface area contributed by atoms with Gasteiger partial charge in [0.15, 0.2) is 0 Å². The number of hydrogen-bond acceptors (Lipinski definition) is 2. The fourth-order valence-corrected chi connectivity index (χ4v) is 1.34. The van der Waals surface area contributed by atoms with Crippen LogP contribution in [0, 0.1) is 0 Å². The molecule has 0 bridgehead atoms. The van der Waals surface area contributed by atoms with Crippen LogP contribution >= 0.6 is 15.9 Å². The molecule has 0 aliphatic carbocycles. The smallest absolute Gasteiger partial charge is 0.335 e. The van der Waals surface area contributed by atoms with Gasteiger partial charge in [-0.1, -0.05) is 0 Å². The van der Waals surface area contributed by atoms with E-state index in [0.717, 1.165) is 0 Å². The molecule has 1 rings (SSSR count). The first kappa shape index (κ1) is 12.0. The Labute approximate surface area is 95.0 Å². The van der Waals surface area contributed by atoms with Gasteiger partial charge in [-0.2, -0.15) is 0 Å². The number of alkyl halides is 1. The maximum absolute atomic E-state index is 11.8. The molecule has 1 N–H and O–H groups in total. The first-order valence-corrected chi connectivity index (χ1v) is 5.16. The van der Waals surface area contributed by atoms with E-state index in [4.69, 9.17) is 9.84 Å². The van der Waals surface area contributed by atoms with Crippen molar-refractivity contribution in [2.75, 3.05) is 13.3 Å². The molecule has 82 valence electrons. The van der Waals surface area contributed by atoms with Crippen LogP contribution in [0.2, 0.25) is 0 Å². The normalized spacial score (nSPS) is 10.0. The van der Waals surface area contributed by atoms with Crippen molar-refractivity contribution in [3.63, 3.8) is 0 Å². The van der Waals surface area contributed by atoms with Crippen molar-refractivity contribution < 1.29 is 19.0 Å². The second kappa shape index (κ2) is 5.70. The van der Waals surface area contributed by atoms with Crippen molar-refractivity contribution in [3.05, 3.63) is 28.2 Å². The monoisotopic (exact) mass is 276 g/mol. The van der Waals surface area contributed by atoms with Crippen LogP contribution in [-0.2, 0) is 0 Å². The molecule has 0 saturated carbocycles. The first-order chi connectivity index (χ1) is 7.15. The second-order valence-electron chi connectivity index (χ2n) is 2.84. The predicted molar refractivity (Wildman–Crippen MR) is 57.2 cm³/mol.